The largest absolute Gasteiger partial charge is 0.359 e. The van der Waals surface area contributed by atoms with Gasteiger partial charge in [-0.25, -0.2) is 0 Å². The van der Waals surface area contributed by atoms with Crippen molar-refractivity contribution in [2.75, 3.05) is 18.1 Å². The molecule has 1 aromatic carbocycles. The molecule has 0 N–H and O–H groups in total. The minimum Gasteiger partial charge on any atom is -0.359 e. The van der Waals surface area contributed by atoms with Crippen LogP contribution >= 0.6 is 17.0 Å². The van der Waals surface area contributed by atoms with Gasteiger partial charge in [-0.1, -0.05) is 17.7 Å². The van der Waals surface area contributed by atoms with Crippen LogP contribution in [0.2, 0.25) is 0 Å². The van der Waals surface area contributed by atoms with Crippen molar-refractivity contribution in [3.63, 3.8) is 0 Å². The maximum Gasteiger partial charge on any atom is 0.0941 e. The molecule has 0 amide bonds. The Morgan fingerprint density at radius 1 is 1.19 bits per heavy atom. The van der Waals surface area contributed by atoms with E-state index in [1.165, 1.54) is 16.8 Å². The first kappa shape index (κ1) is 13.1. The van der Waals surface area contributed by atoms with Crippen molar-refractivity contribution in [3.8, 4) is 0 Å². The van der Waals surface area contributed by atoms with Gasteiger partial charge in [-0.15, -0.1) is 17.0 Å². The van der Waals surface area contributed by atoms with E-state index in [1.807, 2.05) is 0 Å². The van der Waals surface area contributed by atoms with E-state index in [0.717, 1.165) is 13.2 Å². The Morgan fingerprint density at radius 2 is 1.94 bits per heavy atom. The Morgan fingerprint density at radius 3 is 2.50 bits per heavy atom. The van der Waals surface area contributed by atoms with Crippen LogP contribution in [0.25, 0.3) is 0 Å². The highest BCUT2D eigenvalue weighted by Gasteiger charge is 2.13. The van der Waals surface area contributed by atoms with E-state index >= 15 is 0 Å². The van der Waals surface area contributed by atoms with Crippen LogP contribution in [-0.4, -0.2) is 18.1 Å². The minimum absolute atomic E-state index is 0. The van der Waals surface area contributed by atoms with E-state index in [1.54, 1.807) is 0 Å². The molecule has 0 spiro atoms. The van der Waals surface area contributed by atoms with E-state index in [0.29, 0.717) is 0 Å². The smallest absolute Gasteiger partial charge is 0.0941 e. The summed E-state index contributed by atoms with van der Waals surface area (Å²) in [5, 5.41) is 0. The monoisotopic (exact) mass is 282 g/mol. The summed E-state index contributed by atoms with van der Waals surface area (Å²) < 4.78 is 0. The summed E-state index contributed by atoms with van der Waals surface area (Å²) in [5.41, 5.74) is 3.98. The molecule has 0 atom stereocenters. The van der Waals surface area contributed by atoms with Gasteiger partial charge < -0.3 is 9.80 Å². The van der Waals surface area contributed by atoms with Crippen molar-refractivity contribution in [3.05, 3.63) is 41.7 Å². The van der Waals surface area contributed by atoms with Gasteiger partial charge in [-0.3, -0.25) is 0 Å². The van der Waals surface area contributed by atoms with Gasteiger partial charge >= 0.3 is 0 Å². The van der Waals surface area contributed by atoms with Gasteiger partial charge in [0.15, 0.2) is 0 Å². The molecular formula is C13H19BrN2. The third-order valence-corrected chi connectivity index (χ3v) is 2.86. The second-order valence-electron chi connectivity index (χ2n) is 4.10. The maximum absolute atomic E-state index is 2.29. The first-order chi connectivity index (χ1) is 7.20. The minimum atomic E-state index is 0. The van der Waals surface area contributed by atoms with Crippen LogP contribution in [-0.2, 0) is 0 Å². The zero-order valence-electron chi connectivity index (χ0n) is 10.1. The number of halogens is 1. The molecule has 0 aliphatic carbocycles. The molecule has 2 nitrogen and oxygen atoms in total. The van der Waals surface area contributed by atoms with Crippen LogP contribution in [0.5, 0.6) is 0 Å². The zero-order valence-corrected chi connectivity index (χ0v) is 11.8. The first-order valence-electron chi connectivity index (χ1n) is 5.47. The number of benzene rings is 1. The van der Waals surface area contributed by atoms with Crippen molar-refractivity contribution in [1.82, 2.24) is 4.90 Å². The molecule has 0 bridgehead atoms. The van der Waals surface area contributed by atoms with Gasteiger partial charge in [-0.2, -0.15) is 0 Å². The van der Waals surface area contributed by atoms with Gasteiger partial charge in [0, 0.05) is 24.6 Å². The lowest BCUT2D eigenvalue weighted by Gasteiger charge is -2.21. The van der Waals surface area contributed by atoms with E-state index in [-0.39, 0.29) is 17.0 Å². The summed E-state index contributed by atoms with van der Waals surface area (Å²) in [4.78, 5) is 4.58. The molecule has 1 aromatic rings. The summed E-state index contributed by atoms with van der Waals surface area (Å²) in [7, 11) is 0. The van der Waals surface area contributed by atoms with Gasteiger partial charge in [0.2, 0.25) is 0 Å². The number of aryl methyl sites for hydroxylation is 2. The van der Waals surface area contributed by atoms with Gasteiger partial charge in [0.1, 0.15) is 0 Å². The Hall–Kier alpha value is -0.960. The van der Waals surface area contributed by atoms with Gasteiger partial charge in [0.25, 0.3) is 0 Å². The third kappa shape index (κ3) is 2.59. The summed E-state index contributed by atoms with van der Waals surface area (Å²) in [5.74, 6) is 0. The Kier molecular flexibility index (Phi) is 4.42. The highest BCUT2D eigenvalue weighted by Crippen LogP contribution is 2.24. The van der Waals surface area contributed by atoms with Crippen molar-refractivity contribution in [1.29, 1.82) is 0 Å². The van der Waals surface area contributed by atoms with Crippen LogP contribution in [0, 0.1) is 13.8 Å². The van der Waals surface area contributed by atoms with Crippen LogP contribution in [0.4, 0.5) is 5.69 Å². The third-order valence-electron chi connectivity index (χ3n) is 2.86. The van der Waals surface area contributed by atoms with Crippen LogP contribution in [0.3, 0.4) is 0 Å². The fraction of sp³-hybridized carbons (Fsp3) is 0.385. The lowest BCUT2D eigenvalue weighted by Crippen LogP contribution is -2.25. The molecule has 0 saturated carbocycles. The fourth-order valence-electron chi connectivity index (χ4n) is 1.95. The van der Waals surface area contributed by atoms with E-state index in [2.05, 4.69) is 61.2 Å². The average Bonchev–Trinajstić information content (AvgIpc) is 2.66. The quantitative estimate of drug-likeness (QED) is 0.820. The van der Waals surface area contributed by atoms with Gasteiger partial charge in [0.05, 0.1) is 6.67 Å². The SMILES string of the molecule is Br.CCN1C=CN(c2ccc(C)cc2C)C1. The summed E-state index contributed by atoms with van der Waals surface area (Å²) in [6.45, 7) is 8.52. The predicted molar refractivity (Wildman–Crippen MR) is 75.1 cm³/mol. The summed E-state index contributed by atoms with van der Waals surface area (Å²) >= 11 is 0. The second-order valence-corrected chi connectivity index (χ2v) is 4.10. The van der Waals surface area contributed by atoms with Crippen molar-refractivity contribution >= 4 is 22.7 Å². The maximum atomic E-state index is 2.29. The Labute approximate surface area is 108 Å². The molecule has 1 aliphatic heterocycles. The zero-order chi connectivity index (χ0) is 10.8. The molecule has 0 radical (unpaired) electrons. The lowest BCUT2D eigenvalue weighted by atomic mass is 10.1. The molecule has 0 fully saturated rings. The molecule has 0 unspecified atom stereocenters. The standard InChI is InChI=1S/C13H18N2.BrH/c1-4-14-7-8-15(10-14)13-6-5-11(2)9-12(13)3;/h5-9H,4,10H2,1-3H3;1H. The predicted octanol–water partition coefficient (Wildman–Crippen LogP) is 3.45. The number of hydrogen-bond acceptors (Lipinski definition) is 2. The molecule has 0 aromatic heterocycles. The summed E-state index contributed by atoms with van der Waals surface area (Å²) in [6.07, 6.45) is 4.31. The molecular weight excluding hydrogens is 264 g/mol. The van der Waals surface area contributed by atoms with Crippen molar-refractivity contribution < 1.29 is 0 Å². The second kappa shape index (κ2) is 5.39. The normalized spacial score (nSPS) is 14.2. The van der Waals surface area contributed by atoms with Crippen molar-refractivity contribution in [2.24, 2.45) is 0 Å². The summed E-state index contributed by atoms with van der Waals surface area (Å²) in [6, 6.07) is 6.61. The topological polar surface area (TPSA) is 6.48 Å². The van der Waals surface area contributed by atoms with E-state index < -0.39 is 0 Å². The first-order valence-corrected chi connectivity index (χ1v) is 5.47. The lowest BCUT2D eigenvalue weighted by molar-refractivity contribution is 0.429. The van der Waals surface area contributed by atoms with E-state index in [9.17, 15) is 0 Å². The average molecular weight is 283 g/mol. The van der Waals surface area contributed by atoms with Crippen LogP contribution in [0.1, 0.15) is 18.1 Å². The number of hydrogen-bond donors (Lipinski definition) is 0. The molecule has 0 saturated heterocycles. The molecule has 2 rings (SSSR count). The highest BCUT2D eigenvalue weighted by molar-refractivity contribution is 8.93. The molecule has 1 aliphatic rings. The number of rotatable bonds is 2. The fourth-order valence-corrected chi connectivity index (χ4v) is 1.95. The Bertz CT molecular complexity index is 388. The van der Waals surface area contributed by atoms with Crippen LogP contribution in [0.15, 0.2) is 30.6 Å². The van der Waals surface area contributed by atoms with E-state index in [4.69, 9.17) is 0 Å². The molecule has 16 heavy (non-hydrogen) atoms. The van der Waals surface area contributed by atoms with Crippen LogP contribution < -0.4 is 4.90 Å². The molecule has 88 valence electrons. The van der Waals surface area contributed by atoms with Gasteiger partial charge in [-0.05, 0) is 32.4 Å². The molecule has 1 heterocycles. The number of anilines is 1. The van der Waals surface area contributed by atoms with Crippen molar-refractivity contribution in [2.45, 2.75) is 20.8 Å². The number of nitrogens with zero attached hydrogens (tertiary/aromatic N) is 2. The Balaban J connectivity index is 0.00000128. The highest BCUT2D eigenvalue weighted by atomic mass is 79.9. The molecule has 3 heteroatoms.